The first-order valence-corrected chi connectivity index (χ1v) is 6.52. The van der Waals surface area contributed by atoms with Gasteiger partial charge in [-0.05, 0) is 22.9 Å². The number of hydrogen-bond donors (Lipinski definition) is 3. The van der Waals surface area contributed by atoms with Gasteiger partial charge in [-0.1, -0.05) is 16.9 Å². The third kappa shape index (κ3) is 4.52. The fraction of sp³-hybridized carbons (Fsp3) is 0.250. The molecule has 1 unspecified atom stereocenters. The standard InChI is InChI=1S/C8H12N4OS2/c9-6(8(13)12-10)5-14-15-7-3-1-2-4-11-7/h1-4,6H,5,9-10H2,(H,12,13). The van der Waals surface area contributed by atoms with Crippen molar-refractivity contribution in [3.63, 3.8) is 0 Å². The molecule has 1 amide bonds. The highest BCUT2D eigenvalue weighted by molar-refractivity contribution is 8.76. The molecule has 0 saturated carbocycles. The molecule has 5 nitrogen and oxygen atoms in total. The number of nitrogens with two attached hydrogens (primary N) is 2. The van der Waals surface area contributed by atoms with Crippen molar-refractivity contribution >= 4 is 27.5 Å². The fourth-order valence-electron chi connectivity index (χ4n) is 0.747. The van der Waals surface area contributed by atoms with Gasteiger partial charge >= 0.3 is 0 Å². The van der Waals surface area contributed by atoms with Crippen LogP contribution in [-0.2, 0) is 4.79 Å². The summed E-state index contributed by atoms with van der Waals surface area (Å²) in [5, 5.41) is 0.892. The number of carbonyl (C=O) groups excluding carboxylic acids is 1. The number of nitrogens with one attached hydrogen (secondary N) is 1. The number of hydrogen-bond acceptors (Lipinski definition) is 6. The van der Waals surface area contributed by atoms with Crippen LogP contribution in [0.2, 0.25) is 0 Å². The van der Waals surface area contributed by atoms with Crippen molar-refractivity contribution in [1.82, 2.24) is 10.4 Å². The highest BCUT2D eigenvalue weighted by Gasteiger charge is 2.11. The largest absolute Gasteiger partial charge is 0.319 e. The summed E-state index contributed by atoms with van der Waals surface area (Å²) in [6, 6.07) is 5.06. The molecule has 1 rings (SSSR count). The Morgan fingerprint density at radius 3 is 3.00 bits per heavy atom. The zero-order valence-electron chi connectivity index (χ0n) is 7.92. The molecular formula is C8H12N4OS2. The molecule has 0 aliphatic rings. The van der Waals surface area contributed by atoms with E-state index < -0.39 is 6.04 Å². The summed E-state index contributed by atoms with van der Waals surface area (Å²) >= 11 is 0. The SMILES string of the molecule is NNC(=O)C(N)CSSc1ccccn1. The summed E-state index contributed by atoms with van der Waals surface area (Å²) in [6.07, 6.45) is 1.72. The molecule has 0 aliphatic carbocycles. The fourth-order valence-corrected chi connectivity index (χ4v) is 2.77. The number of rotatable bonds is 5. The van der Waals surface area contributed by atoms with Gasteiger partial charge in [-0.2, -0.15) is 0 Å². The van der Waals surface area contributed by atoms with Crippen molar-refractivity contribution in [3.05, 3.63) is 24.4 Å². The maximum atomic E-state index is 11.0. The maximum absolute atomic E-state index is 11.0. The van der Waals surface area contributed by atoms with Crippen LogP contribution in [-0.4, -0.2) is 22.7 Å². The number of amides is 1. The summed E-state index contributed by atoms with van der Waals surface area (Å²) in [6.45, 7) is 0. The second-order valence-corrected chi connectivity index (χ2v) is 5.01. The second kappa shape index (κ2) is 6.67. The highest BCUT2D eigenvalue weighted by Crippen LogP contribution is 2.28. The summed E-state index contributed by atoms with van der Waals surface area (Å²) in [5.74, 6) is 5.08. The van der Waals surface area contributed by atoms with Crippen LogP contribution in [0.5, 0.6) is 0 Å². The molecule has 0 saturated heterocycles. The van der Waals surface area contributed by atoms with E-state index >= 15 is 0 Å². The second-order valence-electron chi connectivity index (χ2n) is 2.65. The zero-order valence-corrected chi connectivity index (χ0v) is 9.55. The van der Waals surface area contributed by atoms with Crippen molar-refractivity contribution in [3.8, 4) is 0 Å². The Bertz CT molecular complexity index is 309. The van der Waals surface area contributed by atoms with Gasteiger partial charge in [0.1, 0.15) is 5.03 Å². The topological polar surface area (TPSA) is 94.0 Å². The van der Waals surface area contributed by atoms with Crippen molar-refractivity contribution in [2.24, 2.45) is 11.6 Å². The van der Waals surface area contributed by atoms with Crippen LogP contribution >= 0.6 is 21.6 Å². The minimum atomic E-state index is -0.587. The van der Waals surface area contributed by atoms with Crippen LogP contribution in [0.4, 0.5) is 0 Å². The lowest BCUT2D eigenvalue weighted by molar-refractivity contribution is -0.121. The minimum absolute atomic E-state index is 0.357. The summed E-state index contributed by atoms with van der Waals surface area (Å²) < 4.78 is 0. The van der Waals surface area contributed by atoms with Crippen molar-refractivity contribution in [2.45, 2.75) is 11.1 Å². The smallest absolute Gasteiger partial charge is 0.251 e. The maximum Gasteiger partial charge on any atom is 0.251 e. The predicted octanol–water partition coefficient (Wildman–Crippen LogP) is 0.139. The van der Waals surface area contributed by atoms with Crippen LogP contribution in [0.3, 0.4) is 0 Å². The van der Waals surface area contributed by atoms with Gasteiger partial charge in [0.05, 0.1) is 6.04 Å². The summed E-state index contributed by atoms with van der Waals surface area (Å²) in [4.78, 5) is 15.1. The Hall–Kier alpha value is -0.760. The van der Waals surface area contributed by atoms with Crippen molar-refractivity contribution in [2.75, 3.05) is 5.75 Å². The van der Waals surface area contributed by atoms with Crippen LogP contribution in [0, 0.1) is 0 Å². The lowest BCUT2D eigenvalue weighted by Gasteiger charge is -2.07. The molecule has 82 valence electrons. The number of nitrogens with zero attached hydrogens (tertiary/aromatic N) is 1. The van der Waals surface area contributed by atoms with Gasteiger partial charge in [-0.3, -0.25) is 10.2 Å². The molecule has 0 bridgehead atoms. The van der Waals surface area contributed by atoms with Crippen LogP contribution in [0.15, 0.2) is 29.4 Å². The average molecular weight is 244 g/mol. The molecule has 1 heterocycles. The Morgan fingerprint density at radius 1 is 1.60 bits per heavy atom. The van der Waals surface area contributed by atoms with E-state index in [-0.39, 0.29) is 5.91 Å². The van der Waals surface area contributed by atoms with Crippen molar-refractivity contribution < 1.29 is 4.79 Å². The molecular weight excluding hydrogens is 232 g/mol. The first-order valence-electron chi connectivity index (χ1n) is 4.20. The monoisotopic (exact) mass is 244 g/mol. The van der Waals surface area contributed by atoms with E-state index in [0.29, 0.717) is 5.75 Å². The molecule has 0 aliphatic heterocycles. The van der Waals surface area contributed by atoms with E-state index in [2.05, 4.69) is 4.98 Å². The van der Waals surface area contributed by atoms with Crippen LogP contribution in [0.1, 0.15) is 0 Å². The van der Waals surface area contributed by atoms with E-state index in [1.807, 2.05) is 23.6 Å². The average Bonchev–Trinajstić information content (AvgIpc) is 2.29. The highest BCUT2D eigenvalue weighted by atomic mass is 33.1. The van der Waals surface area contributed by atoms with E-state index in [4.69, 9.17) is 11.6 Å². The van der Waals surface area contributed by atoms with Gasteiger partial charge in [0.25, 0.3) is 5.91 Å². The van der Waals surface area contributed by atoms with E-state index in [1.165, 1.54) is 21.6 Å². The van der Waals surface area contributed by atoms with Gasteiger partial charge in [-0.15, -0.1) is 0 Å². The molecule has 1 atom stereocenters. The molecule has 15 heavy (non-hydrogen) atoms. The Morgan fingerprint density at radius 2 is 2.40 bits per heavy atom. The molecule has 0 radical (unpaired) electrons. The molecule has 5 N–H and O–H groups in total. The van der Waals surface area contributed by atoms with E-state index in [1.54, 1.807) is 6.20 Å². The van der Waals surface area contributed by atoms with Gasteiger partial charge in [-0.25, -0.2) is 10.8 Å². The number of pyridine rings is 1. The third-order valence-corrected chi connectivity index (χ3v) is 3.81. The minimum Gasteiger partial charge on any atom is -0.319 e. The number of carbonyl (C=O) groups is 1. The number of aromatic nitrogens is 1. The van der Waals surface area contributed by atoms with E-state index in [9.17, 15) is 4.79 Å². The third-order valence-electron chi connectivity index (χ3n) is 1.51. The van der Waals surface area contributed by atoms with Crippen molar-refractivity contribution in [1.29, 1.82) is 0 Å². The van der Waals surface area contributed by atoms with Crippen LogP contribution < -0.4 is 17.0 Å². The molecule has 0 aromatic carbocycles. The molecule has 0 fully saturated rings. The van der Waals surface area contributed by atoms with Gasteiger partial charge in [0.15, 0.2) is 0 Å². The first-order chi connectivity index (χ1) is 7.24. The summed E-state index contributed by atoms with van der Waals surface area (Å²) in [5.41, 5.74) is 7.56. The van der Waals surface area contributed by atoms with E-state index in [0.717, 1.165) is 5.03 Å². The quantitative estimate of drug-likeness (QED) is 0.295. The molecule has 7 heteroatoms. The lowest BCUT2D eigenvalue weighted by Crippen LogP contribution is -2.45. The molecule has 1 aromatic rings. The van der Waals surface area contributed by atoms with Gasteiger partial charge in [0, 0.05) is 11.9 Å². The number of hydrazine groups is 1. The Balaban J connectivity index is 2.25. The normalized spacial score (nSPS) is 12.1. The zero-order chi connectivity index (χ0) is 11.1. The summed E-state index contributed by atoms with van der Waals surface area (Å²) in [7, 11) is 2.95. The predicted molar refractivity (Wildman–Crippen MR) is 62.9 cm³/mol. The Kier molecular flexibility index (Phi) is 5.48. The molecule has 1 aromatic heterocycles. The lowest BCUT2D eigenvalue weighted by atomic mass is 10.3. The van der Waals surface area contributed by atoms with Crippen LogP contribution in [0.25, 0.3) is 0 Å². The molecule has 0 spiro atoms. The van der Waals surface area contributed by atoms with Gasteiger partial charge < -0.3 is 5.73 Å². The first kappa shape index (κ1) is 12.3. The van der Waals surface area contributed by atoms with Gasteiger partial charge in [0.2, 0.25) is 0 Å². The Labute approximate surface area is 95.8 Å².